The molecule has 3 N–H and O–H groups in total. The summed E-state index contributed by atoms with van der Waals surface area (Å²) in [4.78, 5) is 3.97. The Balaban J connectivity index is 3.21. The number of alkyl halides is 1. The normalized spacial score (nSPS) is 11.7. The van der Waals surface area contributed by atoms with E-state index >= 15 is 0 Å². The van der Waals surface area contributed by atoms with Crippen LogP contribution in [0.1, 0.15) is 0 Å². The van der Waals surface area contributed by atoms with Gasteiger partial charge in [-0.05, 0) is 0 Å². The van der Waals surface area contributed by atoms with Gasteiger partial charge in [0.1, 0.15) is 5.82 Å². The Bertz CT molecular complexity index is 399. The minimum absolute atomic E-state index is 0.222. The number of nitrogens with one attached hydrogen (secondary N) is 1. The van der Waals surface area contributed by atoms with Gasteiger partial charge in [-0.3, -0.25) is 15.0 Å². The summed E-state index contributed by atoms with van der Waals surface area (Å²) in [5.41, 5.74) is 5.55. The van der Waals surface area contributed by atoms with Crippen molar-refractivity contribution in [3.05, 3.63) is 23.4 Å². The molecule has 76 valence electrons. The molecule has 0 aliphatic heterocycles. The minimum Gasteiger partial charge on any atom is -0.385 e. The molecule has 4 nitrogen and oxygen atoms in total. The number of rotatable bonds is 3. The molecule has 0 unspecified atom stereocenters. The van der Waals surface area contributed by atoms with E-state index in [1.165, 1.54) is 10.6 Å². The van der Waals surface area contributed by atoms with Crippen molar-refractivity contribution in [1.29, 1.82) is 5.41 Å². The lowest BCUT2D eigenvalue weighted by atomic mass is 10.4. The largest absolute Gasteiger partial charge is 0.385 e. The molecule has 0 amide bonds. The summed E-state index contributed by atoms with van der Waals surface area (Å²) in [6.07, 6.45) is 2.07. The smallest absolute Gasteiger partial charge is 0.165 e. The third-order valence-electron chi connectivity index (χ3n) is 1.59. The molecule has 0 aliphatic rings. The van der Waals surface area contributed by atoms with E-state index in [1.807, 2.05) is 0 Å². The third-order valence-corrected chi connectivity index (χ3v) is 1.94. The first kappa shape index (κ1) is 10.9. The molecule has 0 fully saturated rings. The van der Waals surface area contributed by atoms with E-state index in [4.69, 9.17) is 11.1 Å². The number of halogens is 2. The Morgan fingerprint density at radius 3 is 3.00 bits per heavy atom. The van der Waals surface area contributed by atoms with Crippen molar-refractivity contribution < 1.29 is 4.39 Å². The summed E-state index contributed by atoms with van der Waals surface area (Å²) in [6, 6.07) is 1.41. The molecule has 0 atom stereocenters. The second-order valence-electron chi connectivity index (χ2n) is 2.54. The molecule has 0 radical (unpaired) electrons. The van der Waals surface area contributed by atoms with Crippen molar-refractivity contribution in [2.45, 2.75) is 0 Å². The number of nitrogen functional groups attached to an aromatic ring is 1. The fourth-order valence-electron chi connectivity index (χ4n) is 0.942. The lowest BCUT2D eigenvalue weighted by Gasteiger charge is -2.03. The van der Waals surface area contributed by atoms with Crippen LogP contribution in [0.5, 0.6) is 0 Å². The quantitative estimate of drug-likeness (QED) is 0.475. The molecule has 0 aromatic carbocycles. The number of anilines is 1. The molecule has 0 bridgehead atoms. The summed E-state index contributed by atoms with van der Waals surface area (Å²) in [5.74, 6) is -0.196. The van der Waals surface area contributed by atoms with Gasteiger partial charge in [0.25, 0.3) is 0 Å². The highest BCUT2D eigenvalue weighted by atomic mass is 79.9. The average Bonchev–Trinajstić information content (AvgIpc) is 2.18. The zero-order valence-electron chi connectivity index (χ0n) is 7.37. The Kier molecular flexibility index (Phi) is 3.82. The molecule has 1 aromatic rings. The van der Waals surface area contributed by atoms with Gasteiger partial charge in [-0.1, -0.05) is 15.9 Å². The van der Waals surface area contributed by atoms with Gasteiger partial charge in [0.05, 0.1) is 11.7 Å². The van der Waals surface area contributed by atoms with Crippen LogP contribution < -0.4 is 11.1 Å². The monoisotopic (exact) mass is 260 g/mol. The second-order valence-corrected chi connectivity index (χ2v) is 3.33. The van der Waals surface area contributed by atoms with E-state index in [1.54, 1.807) is 0 Å². The maximum Gasteiger partial charge on any atom is 0.165 e. The van der Waals surface area contributed by atoms with Crippen molar-refractivity contribution in [3.63, 3.8) is 0 Å². The predicted octanol–water partition coefficient (Wildman–Crippen LogP) is 0.960. The van der Waals surface area contributed by atoms with Gasteiger partial charge in [-0.2, -0.15) is 0 Å². The average molecular weight is 261 g/mol. The molecule has 0 aliphatic carbocycles. The Labute approximate surface area is 88.9 Å². The molecule has 14 heavy (non-hydrogen) atoms. The number of nitrogens with two attached hydrogens (primary N) is 1. The van der Waals surface area contributed by atoms with Crippen LogP contribution in [0.2, 0.25) is 0 Å². The number of nitrogens with zero attached hydrogens (tertiary/aromatic N) is 2. The summed E-state index contributed by atoms with van der Waals surface area (Å²) in [7, 11) is 0. The third kappa shape index (κ3) is 2.41. The van der Waals surface area contributed by atoms with E-state index in [0.717, 1.165) is 12.5 Å². The summed E-state index contributed by atoms with van der Waals surface area (Å²) in [5, 5.41) is 7.84. The molecular weight excluding hydrogens is 251 g/mol. The number of hydrogen-bond acceptors (Lipinski definition) is 3. The highest BCUT2D eigenvalue weighted by Gasteiger charge is 1.99. The SMILES string of the molecule is N=Cn1cc(F)c(=NCCBr)cc1N. The first-order valence-electron chi connectivity index (χ1n) is 3.93. The van der Waals surface area contributed by atoms with Crippen molar-refractivity contribution in [1.82, 2.24) is 4.57 Å². The van der Waals surface area contributed by atoms with Gasteiger partial charge in [0.2, 0.25) is 0 Å². The van der Waals surface area contributed by atoms with E-state index < -0.39 is 5.82 Å². The van der Waals surface area contributed by atoms with Gasteiger partial charge < -0.3 is 5.73 Å². The van der Waals surface area contributed by atoms with Crippen molar-refractivity contribution in [2.24, 2.45) is 4.99 Å². The van der Waals surface area contributed by atoms with Crippen molar-refractivity contribution in [3.8, 4) is 0 Å². The molecule has 1 rings (SSSR count). The maximum atomic E-state index is 13.3. The number of aromatic nitrogens is 1. The van der Waals surface area contributed by atoms with Gasteiger partial charge in [-0.25, -0.2) is 4.39 Å². The second kappa shape index (κ2) is 4.90. The first-order valence-corrected chi connectivity index (χ1v) is 5.05. The molecule has 6 heteroatoms. The lowest BCUT2D eigenvalue weighted by molar-refractivity contribution is 0.601. The highest BCUT2D eigenvalue weighted by Crippen LogP contribution is 1.97. The van der Waals surface area contributed by atoms with Gasteiger partial charge in [-0.15, -0.1) is 0 Å². The van der Waals surface area contributed by atoms with Crippen LogP contribution in [0, 0.1) is 11.2 Å². The number of hydrogen-bond donors (Lipinski definition) is 2. The minimum atomic E-state index is -0.483. The fraction of sp³-hybridized carbons (Fsp3) is 0.250. The standard InChI is InChI=1S/C8H10BrFN4/c9-1-2-13-7-3-8(12)14(5-11)4-6(7)10/h3-5,11H,1-2,12H2. The Morgan fingerprint density at radius 1 is 1.71 bits per heavy atom. The Morgan fingerprint density at radius 2 is 2.43 bits per heavy atom. The summed E-state index contributed by atoms with van der Waals surface area (Å²) >= 11 is 3.19. The van der Waals surface area contributed by atoms with E-state index in [-0.39, 0.29) is 11.2 Å². The molecular formula is C8H10BrFN4. The molecule has 1 aromatic heterocycles. The predicted molar refractivity (Wildman–Crippen MR) is 57.2 cm³/mol. The van der Waals surface area contributed by atoms with E-state index in [0.29, 0.717) is 11.9 Å². The summed E-state index contributed by atoms with van der Waals surface area (Å²) < 4.78 is 14.4. The molecule has 0 saturated carbocycles. The molecule has 0 saturated heterocycles. The number of pyridine rings is 1. The van der Waals surface area contributed by atoms with Crippen LogP contribution in [0.15, 0.2) is 17.3 Å². The van der Waals surface area contributed by atoms with E-state index in [9.17, 15) is 4.39 Å². The Hall–Kier alpha value is -1.17. The lowest BCUT2D eigenvalue weighted by Crippen LogP contribution is -2.16. The molecule has 0 spiro atoms. The van der Waals surface area contributed by atoms with Crippen molar-refractivity contribution >= 4 is 28.1 Å². The summed E-state index contributed by atoms with van der Waals surface area (Å²) in [6.45, 7) is 0.491. The van der Waals surface area contributed by atoms with Crippen LogP contribution >= 0.6 is 15.9 Å². The molecule has 1 heterocycles. The first-order chi connectivity index (χ1) is 6.69. The fourth-order valence-corrected chi connectivity index (χ4v) is 1.12. The zero-order valence-corrected chi connectivity index (χ0v) is 8.96. The van der Waals surface area contributed by atoms with Crippen LogP contribution in [0.4, 0.5) is 10.2 Å². The van der Waals surface area contributed by atoms with Crippen LogP contribution in [0.3, 0.4) is 0 Å². The van der Waals surface area contributed by atoms with E-state index in [2.05, 4.69) is 20.9 Å². The van der Waals surface area contributed by atoms with Crippen LogP contribution in [-0.2, 0) is 0 Å². The maximum absolute atomic E-state index is 13.3. The van der Waals surface area contributed by atoms with Gasteiger partial charge in [0, 0.05) is 24.1 Å². The van der Waals surface area contributed by atoms with Gasteiger partial charge >= 0.3 is 0 Å². The van der Waals surface area contributed by atoms with Gasteiger partial charge in [0.15, 0.2) is 5.82 Å². The topological polar surface area (TPSA) is 67.2 Å². The zero-order chi connectivity index (χ0) is 10.6. The van der Waals surface area contributed by atoms with Crippen molar-refractivity contribution in [2.75, 3.05) is 17.6 Å². The highest BCUT2D eigenvalue weighted by molar-refractivity contribution is 9.09. The van der Waals surface area contributed by atoms with Crippen LogP contribution in [-0.4, -0.2) is 22.8 Å². The van der Waals surface area contributed by atoms with Crippen LogP contribution in [0.25, 0.3) is 0 Å².